The van der Waals surface area contributed by atoms with Crippen LogP contribution in [-0.2, 0) is 9.57 Å². The van der Waals surface area contributed by atoms with Gasteiger partial charge in [0, 0.05) is 7.11 Å². The van der Waals surface area contributed by atoms with Crippen molar-refractivity contribution in [2.24, 2.45) is 4.99 Å². The molecule has 0 aromatic heterocycles. The molecule has 0 spiro atoms. The SMILES string of the molecule is CCCOc1c(Cl)cc(N=CNOCOC)cc1Cl. The summed E-state index contributed by atoms with van der Waals surface area (Å²) in [5.74, 6) is 0.479. The van der Waals surface area contributed by atoms with E-state index in [1.165, 1.54) is 13.4 Å². The van der Waals surface area contributed by atoms with Crippen LogP contribution in [0.15, 0.2) is 17.1 Å². The Morgan fingerprint density at radius 1 is 1.32 bits per heavy atom. The second kappa shape index (κ2) is 8.98. The molecule has 0 radical (unpaired) electrons. The summed E-state index contributed by atoms with van der Waals surface area (Å²) >= 11 is 12.2. The Bertz CT molecular complexity index is 404. The van der Waals surface area contributed by atoms with Gasteiger partial charge in [0.1, 0.15) is 6.34 Å². The van der Waals surface area contributed by atoms with Gasteiger partial charge < -0.3 is 9.47 Å². The molecule has 0 aliphatic heterocycles. The quantitative estimate of drug-likeness (QED) is 0.262. The van der Waals surface area contributed by atoms with Gasteiger partial charge >= 0.3 is 0 Å². The Balaban J connectivity index is 2.66. The predicted molar refractivity (Wildman–Crippen MR) is 76.5 cm³/mol. The van der Waals surface area contributed by atoms with Crippen LogP contribution in [0.5, 0.6) is 5.75 Å². The van der Waals surface area contributed by atoms with Gasteiger partial charge in [0.15, 0.2) is 12.5 Å². The van der Waals surface area contributed by atoms with Crippen molar-refractivity contribution < 1.29 is 14.3 Å². The van der Waals surface area contributed by atoms with Crippen molar-refractivity contribution in [3.8, 4) is 5.75 Å². The molecule has 1 N–H and O–H groups in total. The minimum Gasteiger partial charge on any atom is -0.490 e. The van der Waals surface area contributed by atoms with Gasteiger partial charge in [0.05, 0.1) is 22.3 Å². The molecule has 1 aromatic rings. The zero-order chi connectivity index (χ0) is 14.1. The van der Waals surface area contributed by atoms with E-state index in [1.807, 2.05) is 6.92 Å². The Kier molecular flexibility index (Phi) is 7.59. The van der Waals surface area contributed by atoms with Gasteiger partial charge in [-0.2, -0.15) is 0 Å². The minimum absolute atomic E-state index is 0.122. The van der Waals surface area contributed by atoms with Crippen molar-refractivity contribution >= 4 is 35.2 Å². The lowest BCUT2D eigenvalue weighted by molar-refractivity contribution is -0.0573. The Hall–Kier alpha value is -1.01. The largest absolute Gasteiger partial charge is 0.490 e. The number of nitrogens with zero attached hydrogens (tertiary/aromatic N) is 1. The predicted octanol–water partition coefficient (Wildman–Crippen LogP) is 3.57. The van der Waals surface area contributed by atoms with Crippen molar-refractivity contribution in [2.75, 3.05) is 20.5 Å². The standard InChI is InChI=1S/C12H16Cl2N2O3/c1-3-4-18-12-10(13)5-9(6-11(12)14)15-7-16-19-8-17-2/h5-7H,3-4,8H2,1-2H3,(H,15,16). The highest BCUT2D eigenvalue weighted by molar-refractivity contribution is 6.37. The molecule has 0 amide bonds. The number of halogens is 2. The summed E-state index contributed by atoms with van der Waals surface area (Å²) in [5.41, 5.74) is 3.08. The Morgan fingerprint density at radius 3 is 2.58 bits per heavy atom. The van der Waals surface area contributed by atoms with Gasteiger partial charge in [-0.25, -0.2) is 9.83 Å². The van der Waals surface area contributed by atoms with Crippen LogP contribution in [0.3, 0.4) is 0 Å². The van der Waals surface area contributed by atoms with Crippen molar-refractivity contribution in [1.82, 2.24) is 5.48 Å². The van der Waals surface area contributed by atoms with E-state index in [1.54, 1.807) is 12.1 Å². The molecular formula is C12H16Cl2N2O3. The minimum atomic E-state index is 0.122. The fourth-order valence-electron chi connectivity index (χ4n) is 1.19. The van der Waals surface area contributed by atoms with Crippen molar-refractivity contribution in [3.05, 3.63) is 22.2 Å². The number of hydrogen-bond donors (Lipinski definition) is 1. The van der Waals surface area contributed by atoms with Crippen molar-refractivity contribution in [1.29, 1.82) is 0 Å². The molecule has 0 saturated carbocycles. The van der Waals surface area contributed by atoms with E-state index < -0.39 is 0 Å². The summed E-state index contributed by atoms with van der Waals surface area (Å²) < 4.78 is 10.1. The maximum Gasteiger partial charge on any atom is 0.172 e. The zero-order valence-corrected chi connectivity index (χ0v) is 12.3. The topological polar surface area (TPSA) is 52.1 Å². The van der Waals surface area contributed by atoms with Crippen LogP contribution >= 0.6 is 23.2 Å². The molecule has 5 nitrogen and oxygen atoms in total. The first kappa shape index (κ1) is 16.0. The smallest absolute Gasteiger partial charge is 0.172 e. The van der Waals surface area contributed by atoms with Crippen molar-refractivity contribution in [3.63, 3.8) is 0 Å². The van der Waals surface area contributed by atoms with E-state index in [2.05, 4.69) is 15.2 Å². The van der Waals surface area contributed by atoms with Crippen LogP contribution in [0.1, 0.15) is 13.3 Å². The van der Waals surface area contributed by atoms with Gasteiger partial charge in [-0.3, -0.25) is 5.48 Å². The fourth-order valence-corrected chi connectivity index (χ4v) is 1.78. The van der Waals surface area contributed by atoms with E-state index in [0.29, 0.717) is 28.1 Å². The normalized spacial score (nSPS) is 10.9. The lowest BCUT2D eigenvalue weighted by atomic mass is 10.3. The summed E-state index contributed by atoms with van der Waals surface area (Å²) in [5, 5.41) is 0.844. The lowest BCUT2D eigenvalue weighted by Gasteiger charge is -2.09. The molecule has 7 heteroatoms. The molecule has 0 saturated heterocycles. The molecule has 0 aliphatic carbocycles. The second-order valence-corrected chi connectivity index (χ2v) is 4.33. The lowest BCUT2D eigenvalue weighted by Crippen LogP contribution is -2.13. The van der Waals surface area contributed by atoms with E-state index in [-0.39, 0.29) is 6.79 Å². The third-order valence-corrected chi connectivity index (χ3v) is 2.52. The average molecular weight is 307 g/mol. The fraction of sp³-hybridized carbons (Fsp3) is 0.417. The highest BCUT2D eigenvalue weighted by Crippen LogP contribution is 2.36. The number of nitrogens with one attached hydrogen (secondary N) is 1. The third kappa shape index (κ3) is 5.65. The van der Waals surface area contributed by atoms with Crippen LogP contribution in [0.2, 0.25) is 10.0 Å². The number of benzene rings is 1. The van der Waals surface area contributed by atoms with Gasteiger partial charge in [0.2, 0.25) is 0 Å². The summed E-state index contributed by atoms with van der Waals surface area (Å²) in [4.78, 5) is 8.91. The number of aliphatic imine (C=N–C) groups is 1. The monoisotopic (exact) mass is 306 g/mol. The molecule has 19 heavy (non-hydrogen) atoms. The second-order valence-electron chi connectivity index (χ2n) is 3.51. The molecular weight excluding hydrogens is 291 g/mol. The highest BCUT2D eigenvalue weighted by atomic mass is 35.5. The molecule has 0 aliphatic rings. The maximum absolute atomic E-state index is 6.08. The third-order valence-electron chi connectivity index (χ3n) is 1.96. The summed E-state index contributed by atoms with van der Waals surface area (Å²) in [6.45, 7) is 2.69. The number of rotatable bonds is 8. The number of hydrogen-bond acceptors (Lipinski definition) is 4. The van der Waals surface area contributed by atoms with E-state index in [9.17, 15) is 0 Å². The van der Waals surface area contributed by atoms with Crippen LogP contribution in [-0.4, -0.2) is 26.8 Å². The van der Waals surface area contributed by atoms with Crippen molar-refractivity contribution in [2.45, 2.75) is 13.3 Å². The molecule has 1 aromatic carbocycles. The molecule has 0 unspecified atom stereocenters. The average Bonchev–Trinajstić information content (AvgIpc) is 2.38. The molecule has 0 bridgehead atoms. The van der Waals surface area contributed by atoms with Crippen LogP contribution < -0.4 is 10.2 Å². The summed E-state index contributed by atoms with van der Waals surface area (Å²) in [6.07, 6.45) is 2.25. The molecule has 1 rings (SSSR count). The molecule has 0 fully saturated rings. The first-order chi connectivity index (χ1) is 9.19. The van der Waals surface area contributed by atoms with E-state index >= 15 is 0 Å². The molecule has 106 valence electrons. The highest BCUT2D eigenvalue weighted by Gasteiger charge is 2.08. The molecule has 0 atom stereocenters. The first-order valence-corrected chi connectivity index (χ1v) is 6.45. The van der Waals surface area contributed by atoms with Gasteiger partial charge in [0.25, 0.3) is 0 Å². The summed E-state index contributed by atoms with van der Waals surface area (Å²) in [6, 6.07) is 3.32. The number of ether oxygens (including phenoxy) is 2. The van der Waals surface area contributed by atoms with Gasteiger partial charge in [-0.05, 0) is 18.6 Å². The Labute approximate surface area is 122 Å². The van der Waals surface area contributed by atoms with Crippen LogP contribution in [0, 0.1) is 0 Å². The summed E-state index contributed by atoms with van der Waals surface area (Å²) in [7, 11) is 1.52. The van der Waals surface area contributed by atoms with E-state index in [0.717, 1.165) is 6.42 Å². The Morgan fingerprint density at radius 2 is 2.00 bits per heavy atom. The number of hydroxylamine groups is 1. The molecule has 0 heterocycles. The van der Waals surface area contributed by atoms with E-state index in [4.69, 9.17) is 32.8 Å². The number of methoxy groups -OCH3 is 1. The van der Waals surface area contributed by atoms with Crippen LogP contribution in [0.25, 0.3) is 0 Å². The van der Waals surface area contributed by atoms with Gasteiger partial charge in [-0.15, -0.1) is 0 Å². The first-order valence-electron chi connectivity index (χ1n) is 5.69. The van der Waals surface area contributed by atoms with Gasteiger partial charge in [-0.1, -0.05) is 30.1 Å². The maximum atomic E-state index is 6.08. The zero-order valence-electron chi connectivity index (χ0n) is 10.8. The van der Waals surface area contributed by atoms with Crippen LogP contribution in [0.4, 0.5) is 5.69 Å².